The Kier molecular flexibility index (Phi) is 4.20. The number of carbonyl (C=O) groups is 1. The Hall–Kier alpha value is -2.54. The van der Waals surface area contributed by atoms with E-state index in [-0.39, 0.29) is 12.1 Å². The van der Waals surface area contributed by atoms with Gasteiger partial charge in [-0.15, -0.1) is 0 Å². The van der Waals surface area contributed by atoms with Crippen LogP contribution in [0.15, 0.2) is 54.7 Å². The van der Waals surface area contributed by atoms with Crippen LogP contribution in [-0.2, 0) is 6.54 Å². The zero-order chi connectivity index (χ0) is 16.4. The number of benzene rings is 1. The molecule has 1 amide bonds. The van der Waals surface area contributed by atoms with Gasteiger partial charge in [0.1, 0.15) is 11.3 Å². The van der Waals surface area contributed by atoms with Crippen LogP contribution in [0.2, 0.25) is 0 Å². The molecular formula is C16H12BrNO5. The highest BCUT2D eigenvalue weighted by atomic mass is 79.9. The van der Waals surface area contributed by atoms with Crippen molar-refractivity contribution in [1.82, 2.24) is 5.32 Å². The molecule has 0 bridgehead atoms. The lowest BCUT2D eigenvalue weighted by atomic mass is 10.1. The van der Waals surface area contributed by atoms with Crippen LogP contribution in [0.25, 0.3) is 11.0 Å². The predicted octanol–water partition coefficient (Wildman–Crippen LogP) is 3.09. The third-order valence-corrected chi connectivity index (χ3v) is 3.69. The second kappa shape index (κ2) is 6.29. The van der Waals surface area contributed by atoms with E-state index in [4.69, 9.17) is 13.6 Å². The Morgan fingerprint density at radius 1 is 1.35 bits per heavy atom. The first-order valence-electron chi connectivity index (χ1n) is 6.70. The van der Waals surface area contributed by atoms with Crippen LogP contribution in [0.3, 0.4) is 0 Å². The first-order valence-corrected chi connectivity index (χ1v) is 7.50. The van der Waals surface area contributed by atoms with Crippen molar-refractivity contribution in [3.8, 4) is 5.75 Å². The summed E-state index contributed by atoms with van der Waals surface area (Å²) in [7, 11) is 1.48. The summed E-state index contributed by atoms with van der Waals surface area (Å²) in [4.78, 5) is 24.3. The number of carbonyl (C=O) groups excluding carboxylic acids is 1. The molecule has 0 unspecified atom stereocenters. The van der Waals surface area contributed by atoms with Crippen LogP contribution in [0.4, 0.5) is 0 Å². The second-order valence-corrected chi connectivity index (χ2v) is 5.65. The lowest BCUT2D eigenvalue weighted by Crippen LogP contribution is -2.27. The number of fused-ring (bicyclic) bond motifs is 1. The summed E-state index contributed by atoms with van der Waals surface area (Å²) in [6.45, 7) is 0.186. The van der Waals surface area contributed by atoms with Crippen molar-refractivity contribution in [3.05, 3.63) is 62.8 Å². The maximum atomic E-state index is 12.2. The highest BCUT2D eigenvalue weighted by Crippen LogP contribution is 2.29. The van der Waals surface area contributed by atoms with Crippen LogP contribution in [0, 0.1) is 0 Å². The fraction of sp³-hybridized carbons (Fsp3) is 0.125. The number of halogens is 1. The third kappa shape index (κ3) is 3.14. The van der Waals surface area contributed by atoms with Gasteiger partial charge in [-0.2, -0.15) is 0 Å². The van der Waals surface area contributed by atoms with Gasteiger partial charge < -0.3 is 18.9 Å². The van der Waals surface area contributed by atoms with Crippen LogP contribution >= 0.6 is 15.9 Å². The number of amides is 1. The summed E-state index contributed by atoms with van der Waals surface area (Å²) in [6, 6.07) is 8.35. The van der Waals surface area contributed by atoms with E-state index in [0.29, 0.717) is 22.5 Å². The first-order chi connectivity index (χ1) is 11.1. The number of methoxy groups -OCH3 is 1. The molecule has 6 nitrogen and oxygen atoms in total. The van der Waals surface area contributed by atoms with E-state index >= 15 is 0 Å². The molecule has 0 spiro atoms. The lowest BCUT2D eigenvalue weighted by molar-refractivity contribution is 0.0944. The molecule has 0 atom stereocenters. The Morgan fingerprint density at radius 2 is 2.17 bits per heavy atom. The van der Waals surface area contributed by atoms with Crippen LogP contribution in [0.5, 0.6) is 5.75 Å². The summed E-state index contributed by atoms with van der Waals surface area (Å²) in [5, 5.41) is 3.20. The fourth-order valence-electron chi connectivity index (χ4n) is 2.15. The molecule has 2 heterocycles. The average Bonchev–Trinajstić information content (AvgIpc) is 3.05. The smallest absolute Gasteiger partial charge is 0.349 e. The number of nitrogens with one attached hydrogen (secondary N) is 1. The van der Waals surface area contributed by atoms with Crippen molar-refractivity contribution in [2.45, 2.75) is 6.54 Å². The van der Waals surface area contributed by atoms with Gasteiger partial charge in [-0.25, -0.2) is 4.79 Å². The van der Waals surface area contributed by atoms with E-state index in [1.165, 1.54) is 19.4 Å². The van der Waals surface area contributed by atoms with Crippen LogP contribution < -0.4 is 15.7 Å². The van der Waals surface area contributed by atoms with Gasteiger partial charge >= 0.3 is 5.63 Å². The summed E-state index contributed by atoms with van der Waals surface area (Å²) < 4.78 is 16.3. The molecule has 0 aliphatic heterocycles. The number of hydrogen-bond acceptors (Lipinski definition) is 5. The highest BCUT2D eigenvalue weighted by molar-refractivity contribution is 9.10. The minimum atomic E-state index is -0.727. The molecule has 2 aromatic heterocycles. The Balaban J connectivity index is 1.96. The van der Waals surface area contributed by atoms with E-state index in [1.54, 1.807) is 24.3 Å². The topological polar surface area (TPSA) is 81.7 Å². The van der Waals surface area contributed by atoms with Gasteiger partial charge in [0.2, 0.25) is 0 Å². The van der Waals surface area contributed by atoms with E-state index in [1.807, 2.05) is 0 Å². The Bertz CT molecular complexity index is 914. The monoisotopic (exact) mass is 377 g/mol. The quantitative estimate of drug-likeness (QED) is 0.706. The molecule has 3 aromatic rings. The van der Waals surface area contributed by atoms with E-state index < -0.39 is 11.5 Å². The maximum Gasteiger partial charge on any atom is 0.349 e. The number of ether oxygens (including phenoxy) is 1. The van der Waals surface area contributed by atoms with Gasteiger partial charge in [0, 0.05) is 9.86 Å². The van der Waals surface area contributed by atoms with Gasteiger partial charge in [0.25, 0.3) is 5.91 Å². The van der Waals surface area contributed by atoms with Crippen molar-refractivity contribution in [3.63, 3.8) is 0 Å². The second-order valence-electron chi connectivity index (χ2n) is 4.74. The predicted molar refractivity (Wildman–Crippen MR) is 86.6 cm³/mol. The zero-order valence-corrected chi connectivity index (χ0v) is 13.7. The summed E-state index contributed by atoms with van der Waals surface area (Å²) in [6.07, 6.45) is 1.51. The van der Waals surface area contributed by atoms with Gasteiger partial charge in [-0.05, 0) is 30.3 Å². The minimum absolute atomic E-state index is 0.0794. The van der Waals surface area contributed by atoms with Gasteiger partial charge in [0.05, 0.1) is 19.9 Å². The average molecular weight is 378 g/mol. The fourth-order valence-corrected chi connectivity index (χ4v) is 2.61. The summed E-state index contributed by atoms with van der Waals surface area (Å²) in [5.74, 6) is 0.470. The zero-order valence-electron chi connectivity index (χ0n) is 12.1. The summed E-state index contributed by atoms with van der Waals surface area (Å²) >= 11 is 3.35. The molecule has 1 aromatic carbocycles. The molecule has 1 N–H and O–H groups in total. The Morgan fingerprint density at radius 3 is 2.87 bits per heavy atom. The molecular weight excluding hydrogens is 366 g/mol. The van der Waals surface area contributed by atoms with E-state index in [2.05, 4.69) is 21.2 Å². The van der Waals surface area contributed by atoms with Crippen LogP contribution in [0.1, 0.15) is 16.1 Å². The van der Waals surface area contributed by atoms with Gasteiger partial charge in [-0.3, -0.25) is 4.79 Å². The normalized spacial score (nSPS) is 10.7. The molecule has 3 rings (SSSR count). The molecule has 0 saturated heterocycles. The van der Waals surface area contributed by atoms with Gasteiger partial charge in [-0.1, -0.05) is 15.9 Å². The number of furan rings is 1. The Labute approximate surface area is 139 Å². The molecule has 7 heteroatoms. The first kappa shape index (κ1) is 15.4. The largest absolute Gasteiger partial charge is 0.493 e. The third-order valence-electron chi connectivity index (χ3n) is 3.23. The van der Waals surface area contributed by atoms with E-state index in [9.17, 15) is 9.59 Å². The molecule has 0 saturated carbocycles. The van der Waals surface area contributed by atoms with Crippen molar-refractivity contribution in [2.24, 2.45) is 0 Å². The van der Waals surface area contributed by atoms with Crippen molar-refractivity contribution < 1.29 is 18.4 Å². The molecule has 118 valence electrons. The van der Waals surface area contributed by atoms with Crippen molar-refractivity contribution >= 4 is 32.8 Å². The number of rotatable bonds is 4. The lowest BCUT2D eigenvalue weighted by Gasteiger charge is -2.07. The van der Waals surface area contributed by atoms with E-state index in [0.717, 1.165) is 4.47 Å². The summed E-state index contributed by atoms with van der Waals surface area (Å²) in [5.41, 5.74) is -0.512. The van der Waals surface area contributed by atoms with Crippen molar-refractivity contribution in [2.75, 3.05) is 7.11 Å². The van der Waals surface area contributed by atoms with Crippen molar-refractivity contribution in [1.29, 1.82) is 0 Å². The molecule has 0 radical (unpaired) electrons. The molecule has 0 fully saturated rings. The standard InChI is InChI=1S/C16H12BrNO5/c1-21-13-7-10(17)5-9-6-12(16(20)23-14(9)13)15(19)18-8-11-3-2-4-22-11/h2-7H,8H2,1H3,(H,18,19). The SMILES string of the molecule is COc1cc(Br)cc2cc(C(=O)NCc3ccco3)c(=O)oc12. The molecule has 0 aliphatic carbocycles. The van der Waals surface area contributed by atoms with Crippen LogP contribution in [-0.4, -0.2) is 13.0 Å². The number of hydrogen-bond donors (Lipinski definition) is 1. The molecule has 0 aliphatic rings. The minimum Gasteiger partial charge on any atom is -0.493 e. The maximum absolute atomic E-state index is 12.2. The molecule has 23 heavy (non-hydrogen) atoms. The van der Waals surface area contributed by atoms with Gasteiger partial charge in [0.15, 0.2) is 11.3 Å². The highest BCUT2D eigenvalue weighted by Gasteiger charge is 2.16.